The van der Waals surface area contributed by atoms with Crippen LogP contribution in [0.2, 0.25) is 0 Å². The maximum atomic E-state index is 11.6. The smallest absolute Gasteiger partial charge is 0.350 e. The predicted octanol–water partition coefficient (Wildman–Crippen LogP) is 3.38. The summed E-state index contributed by atoms with van der Waals surface area (Å²) in [6.45, 7) is 8.09. The van der Waals surface area contributed by atoms with E-state index in [1.807, 2.05) is 13.0 Å². The molecular formula is C18H20N4O2. The molecule has 0 bridgehead atoms. The highest BCUT2D eigenvalue weighted by atomic mass is 16.5. The molecule has 0 spiro atoms. The van der Waals surface area contributed by atoms with Gasteiger partial charge in [0.05, 0.1) is 12.3 Å². The molecule has 6 nitrogen and oxygen atoms in total. The summed E-state index contributed by atoms with van der Waals surface area (Å²) >= 11 is 0. The first-order chi connectivity index (χ1) is 11.5. The van der Waals surface area contributed by atoms with Crippen LogP contribution in [0.4, 0.5) is 5.82 Å². The first kappa shape index (κ1) is 17.3. The fourth-order valence-corrected chi connectivity index (χ4v) is 2.28. The van der Waals surface area contributed by atoms with Crippen LogP contribution in [0.5, 0.6) is 0 Å². The highest BCUT2D eigenvalue weighted by Gasteiger charge is 2.11. The number of carbonyl (C=O) groups excluding carboxylic acids is 1. The summed E-state index contributed by atoms with van der Waals surface area (Å²) in [5.41, 5.74) is 5.41. The van der Waals surface area contributed by atoms with E-state index in [2.05, 4.69) is 41.5 Å². The summed E-state index contributed by atoms with van der Waals surface area (Å²) in [6, 6.07) is 7.87. The van der Waals surface area contributed by atoms with Crippen molar-refractivity contribution in [3.63, 3.8) is 0 Å². The monoisotopic (exact) mass is 324 g/mol. The Morgan fingerprint density at radius 3 is 2.67 bits per heavy atom. The van der Waals surface area contributed by atoms with Gasteiger partial charge in [-0.15, -0.1) is 0 Å². The molecule has 0 aliphatic heterocycles. The molecule has 0 aliphatic carbocycles. The molecule has 2 aromatic rings. The third-order valence-electron chi connectivity index (χ3n) is 3.69. The number of aryl methyl sites for hydroxylation is 3. The third-order valence-corrected chi connectivity index (χ3v) is 3.69. The number of nitrogens with zero attached hydrogens (tertiary/aromatic N) is 2. The van der Waals surface area contributed by atoms with Crippen molar-refractivity contribution in [3.8, 4) is 17.3 Å². The van der Waals surface area contributed by atoms with E-state index in [0.29, 0.717) is 5.82 Å². The summed E-state index contributed by atoms with van der Waals surface area (Å²) in [5, 5.41) is 19.0. The fourth-order valence-electron chi connectivity index (χ4n) is 2.28. The quantitative estimate of drug-likeness (QED) is 0.500. The minimum absolute atomic E-state index is 0.108. The minimum Gasteiger partial charge on any atom is -0.462 e. The Morgan fingerprint density at radius 1 is 1.29 bits per heavy atom. The van der Waals surface area contributed by atoms with Crippen molar-refractivity contribution < 1.29 is 9.53 Å². The van der Waals surface area contributed by atoms with E-state index in [1.54, 1.807) is 13.0 Å². The van der Waals surface area contributed by atoms with Crippen LogP contribution in [0.1, 0.15) is 23.6 Å². The summed E-state index contributed by atoms with van der Waals surface area (Å²) in [7, 11) is 0. The molecule has 1 aromatic carbocycles. The van der Waals surface area contributed by atoms with Gasteiger partial charge in [-0.2, -0.15) is 10.4 Å². The Hall–Kier alpha value is -3.07. The zero-order valence-electron chi connectivity index (χ0n) is 14.2. The molecule has 0 fully saturated rings. The second-order valence-corrected chi connectivity index (χ2v) is 5.45. The summed E-state index contributed by atoms with van der Waals surface area (Å²) in [6.07, 6.45) is 1.30. The Morgan fingerprint density at radius 2 is 2.00 bits per heavy atom. The Bertz CT molecular complexity index is 828. The van der Waals surface area contributed by atoms with E-state index in [9.17, 15) is 4.79 Å². The molecular weight excluding hydrogens is 304 g/mol. The lowest BCUT2D eigenvalue weighted by Gasteiger charge is -2.07. The maximum Gasteiger partial charge on any atom is 0.350 e. The lowest BCUT2D eigenvalue weighted by atomic mass is 9.99. The van der Waals surface area contributed by atoms with Crippen molar-refractivity contribution >= 4 is 11.8 Å². The van der Waals surface area contributed by atoms with Gasteiger partial charge in [0.15, 0.2) is 11.4 Å². The van der Waals surface area contributed by atoms with Crippen LogP contribution in [0.25, 0.3) is 11.3 Å². The lowest BCUT2D eigenvalue weighted by molar-refractivity contribution is -0.138. The van der Waals surface area contributed by atoms with Crippen LogP contribution in [0, 0.1) is 32.1 Å². The SMILES string of the molecule is CCOC(=O)/C(C#N)=C/Nc1cc(-c2cc(C)c(C)cc2C)[nH]n1. The first-order valence-electron chi connectivity index (χ1n) is 7.63. The van der Waals surface area contributed by atoms with Gasteiger partial charge in [-0.3, -0.25) is 5.10 Å². The number of H-pyrrole nitrogens is 1. The van der Waals surface area contributed by atoms with Crippen molar-refractivity contribution in [2.24, 2.45) is 0 Å². The van der Waals surface area contributed by atoms with Crippen molar-refractivity contribution in [2.45, 2.75) is 27.7 Å². The van der Waals surface area contributed by atoms with Crippen LogP contribution < -0.4 is 5.32 Å². The van der Waals surface area contributed by atoms with Crippen molar-refractivity contribution in [1.29, 1.82) is 5.26 Å². The molecule has 0 unspecified atom stereocenters. The minimum atomic E-state index is -0.659. The fraction of sp³-hybridized carbons (Fsp3) is 0.278. The van der Waals surface area contributed by atoms with Crippen molar-refractivity contribution in [1.82, 2.24) is 10.2 Å². The van der Waals surface area contributed by atoms with E-state index < -0.39 is 5.97 Å². The molecule has 0 saturated heterocycles. The van der Waals surface area contributed by atoms with Gasteiger partial charge in [0, 0.05) is 17.8 Å². The molecule has 0 amide bonds. The number of rotatable bonds is 5. The predicted molar refractivity (Wildman–Crippen MR) is 92.2 cm³/mol. The van der Waals surface area contributed by atoms with Gasteiger partial charge in [0.2, 0.25) is 0 Å². The standard InChI is InChI=1S/C18H20N4O2/c1-5-24-18(23)14(9-19)10-20-17-8-16(21-22-17)15-7-12(3)11(2)6-13(15)4/h6-8,10H,5H2,1-4H3,(H2,20,21,22)/b14-10+. The van der Waals surface area contributed by atoms with Crippen LogP contribution in [-0.2, 0) is 9.53 Å². The molecule has 0 atom stereocenters. The van der Waals surface area contributed by atoms with E-state index >= 15 is 0 Å². The number of aromatic amines is 1. The second kappa shape index (κ2) is 7.47. The van der Waals surface area contributed by atoms with E-state index in [0.717, 1.165) is 16.8 Å². The van der Waals surface area contributed by atoms with Gasteiger partial charge in [-0.05, 0) is 50.5 Å². The van der Waals surface area contributed by atoms with Gasteiger partial charge >= 0.3 is 5.97 Å². The van der Waals surface area contributed by atoms with E-state index in [4.69, 9.17) is 10.00 Å². The van der Waals surface area contributed by atoms with Crippen LogP contribution in [0.3, 0.4) is 0 Å². The maximum absolute atomic E-state index is 11.6. The average molecular weight is 324 g/mol. The molecule has 0 aliphatic rings. The average Bonchev–Trinajstić information content (AvgIpc) is 3.00. The van der Waals surface area contributed by atoms with E-state index in [-0.39, 0.29) is 12.2 Å². The number of esters is 1. The van der Waals surface area contributed by atoms with Crippen molar-refractivity contribution in [3.05, 3.63) is 46.7 Å². The van der Waals surface area contributed by atoms with Crippen LogP contribution >= 0.6 is 0 Å². The molecule has 1 aromatic heterocycles. The number of carbonyl (C=O) groups is 1. The number of nitriles is 1. The van der Waals surface area contributed by atoms with Crippen LogP contribution in [0.15, 0.2) is 30.0 Å². The molecule has 24 heavy (non-hydrogen) atoms. The lowest BCUT2D eigenvalue weighted by Crippen LogP contribution is -2.07. The van der Waals surface area contributed by atoms with Gasteiger partial charge in [0.25, 0.3) is 0 Å². The molecule has 124 valence electrons. The van der Waals surface area contributed by atoms with Crippen molar-refractivity contribution in [2.75, 3.05) is 11.9 Å². The summed E-state index contributed by atoms with van der Waals surface area (Å²) < 4.78 is 4.80. The summed E-state index contributed by atoms with van der Waals surface area (Å²) in [4.78, 5) is 11.6. The topological polar surface area (TPSA) is 90.8 Å². The number of hydrogen-bond acceptors (Lipinski definition) is 5. The molecule has 2 N–H and O–H groups in total. The zero-order valence-corrected chi connectivity index (χ0v) is 14.2. The largest absolute Gasteiger partial charge is 0.462 e. The van der Waals surface area contributed by atoms with Gasteiger partial charge < -0.3 is 10.1 Å². The summed E-state index contributed by atoms with van der Waals surface area (Å²) in [5.74, 6) is -0.145. The number of ether oxygens (including phenoxy) is 1. The number of hydrogen-bond donors (Lipinski definition) is 2. The zero-order chi connectivity index (χ0) is 17.7. The highest BCUT2D eigenvalue weighted by Crippen LogP contribution is 2.26. The first-order valence-corrected chi connectivity index (χ1v) is 7.63. The number of nitrogens with one attached hydrogen (secondary N) is 2. The number of aromatic nitrogens is 2. The normalized spacial score (nSPS) is 11.0. The number of anilines is 1. The second-order valence-electron chi connectivity index (χ2n) is 5.45. The highest BCUT2D eigenvalue weighted by molar-refractivity contribution is 5.93. The third kappa shape index (κ3) is 3.82. The Balaban J connectivity index is 2.21. The van der Waals surface area contributed by atoms with Gasteiger partial charge in [-0.25, -0.2) is 4.79 Å². The molecule has 0 saturated carbocycles. The number of benzene rings is 1. The van der Waals surface area contributed by atoms with E-state index in [1.165, 1.54) is 17.3 Å². The van der Waals surface area contributed by atoms with Gasteiger partial charge in [0.1, 0.15) is 6.07 Å². The Labute approximate surface area is 141 Å². The Kier molecular flexibility index (Phi) is 5.38. The molecule has 1 heterocycles. The molecule has 6 heteroatoms. The molecule has 2 rings (SSSR count). The van der Waals surface area contributed by atoms with Crippen LogP contribution in [-0.4, -0.2) is 22.8 Å². The van der Waals surface area contributed by atoms with Gasteiger partial charge in [-0.1, -0.05) is 6.07 Å². The molecule has 0 radical (unpaired) electrons.